The molecule has 0 bridgehead atoms. The van der Waals surface area contributed by atoms with Crippen LogP contribution in [0.25, 0.3) is 10.1 Å². The second kappa shape index (κ2) is 7.45. The molecule has 1 unspecified atom stereocenters. The Morgan fingerprint density at radius 3 is 2.56 bits per heavy atom. The maximum atomic E-state index is 13.4. The van der Waals surface area contributed by atoms with Gasteiger partial charge in [-0.3, -0.25) is 0 Å². The second-order valence-electron chi connectivity index (χ2n) is 5.71. The minimum absolute atomic E-state index is 0.219. The lowest BCUT2D eigenvalue weighted by Gasteiger charge is -2.21. The summed E-state index contributed by atoms with van der Waals surface area (Å²) in [5.74, 6) is 0.243. The molecular formula is C19H18F3NOS. The van der Waals surface area contributed by atoms with Gasteiger partial charge in [0, 0.05) is 16.5 Å². The lowest BCUT2D eigenvalue weighted by Crippen LogP contribution is -2.16. The third kappa shape index (κ3) is 4.14. The van der Waals surface area contributed by atoms with E-state index in [1.807, 2.05) is 37.4 Å². The van der Waals surface area contributed by atoms with Gasteiger partial charge in [0.25, 0.3) is 0 Å². The molecule has 0 saturated heterocycles. The number of hydrogen-bond acceptors (Lipinski definition) is 3. The van der Waals surface area contributed by atoms with Gasteiger partial charge >= 0.3 is 6.18 Å². The summed E-state index contributed by atoms with van der Waals surface area (Å²) in [6, 6.07) is 13.8. The van der Waals surface area contributed by atoms with Gasteiger partial charge in [0.05, 0.1) is 5.56 Å². The maximum absolute atomic E-state index is 13.4. The molecule has 1 heterocycles. The van der Waals surface area contributed by atoms with Crippen LogP contribution < -0.4 is 10.1 Å². The molecule has 0 amide bonds. The van der Waals surface area contributed by atoms with Crippen LogP contribution in [0.1, 0.15) is 23.7 Å². The molecule has 0 saturated carbocycles. The minimum Gasteiger partial charge on any atom is -0.486 e. The van der Waals surface area contributed by atoms with E-state index in [9.17, 15) is 13.2 Å². The number of alkyl halides is 3. The van der Waals surface area contributed by atoms with E-state index in [4.69, 9.17) is 4.74 Å². The zero-order valence-electron chi connectivity index (χ0n) is 13.6. The molecule has 6 heteroatoms. The zero-order valence-corrected chi connectivity index (χ0v) is 14.5. The Morgan fingerprint density at radius 2 is 1.88 bits per heavy atom. The molecule has 0 radical (unpaired) electrons. The number of fused-ring (bicyclic) bond motifs is 1. The molecule has 3 rings (SSSR count). The summed E-state index contributed by atoms with van der Waals surface area (Å²) in [4.78, 5) is 0. The predicted octanol–water partition coefficient (Wildman–Crippen LogP) is 5.65. The van der Waals surface area contributed by atoms with Gasteiger partial charge in [-0.05, 0) is 42.7 Å². The van der Waals surface area contributed by atoms with Gasteiger partial charge in [-0.1, -0.05) is 30.3 Å². The normalized spacial score (nSPS) is 13.1. The topological polar surface area (TPSA) is 21.3 Å². The Labute approximate surface area is 148 Å². The molecule has 1 aromatic heterocycles. The van der Waals surface area contributed by atoms with E-state index in [-0.39, 0.29) is 17.2 Å². The highest BCUT2D eigenvalue weighted by molar-refractivity contribution is 7.17. The smallest absolute Gasteiger partial charge is 0.417 e. The first kappa shape index (κ1) is 17.8. The van der Waals surface area contributed by atoms with Crippen LogP contribution in [0.2, 0.25) is 0 Å². The lowest BCUT2D eigenvalue weighted by atomic mass is 10.1. The Hall–Kier alpha value is -2.05. The Kier molecular flexibility index (Phi) is 5.30. The van der Waals surface area contributed by atoms with Crippen molar-refractivity contribution >= 4 is 21.4 Å². The number of ether oxygens (including phenoxy) is 1. The van der Waals surface area contributed by atoms with Crippen molar-refractivity contribution < 1.29 is 17.9 Å². The van der Waals surface area contributed by atoms with Gasteiger partial charge in [-0.15, -0.1) is 11.3 Å². The van der Waals surface area contributed by atoms with Crippen molar-refractivity contribution in [1.82, 2.24) is 5.32 Å². The summed E-state index contributed by atoms with van der Waals surface area (Å²) < 4.78 is 46.7. The quantitative estimate of drug-likeness (QED) is 0.609. The van der Waals surface area contributed by atoms with E-state index in [0.29, 0.717) is 17.7 Å². The summed E-state index contributed by atoms with van der Waals surface area (Å²) in [5, 5.41) is 4.94. The first-order chi connectivity index (χ1) is 12.0. The average molecular weight is 365 g/mol. The van der Waals surface area contributed by atoms with Crippen molar-refractivity contribution in [1.29, 1.82) is 0 Å². The number of nitrogens with one attached hydrogen (secondary N) is 1. The summed E-state index contributed by atoms with van der Waals surface area (Å²) in [6.07, 6.45) is -4.07. The number of rotatable bonds is 6. The van der Waals surface area contributed by atoms with E-state index in [1.54, 1.807) is 11.4 Å². The Balaban J connectivity index is 1.96. The lowest BCUT2D eigenvalue weighted by molar-refractivity contribution is -0.136. The highest BCUT2D eigenvalue weighted by Gasteiger charge is 2.33. The van der Waals surface area contributed by atoms with Crippen LogP contribution in [0.5, 0.6) is 5.75 Å². The van der Waals surface area contributed by atoms with Gasteiger partial charge < -0.3 is 10.1 Å². The van der Waals surface area contributed by atoms with Crippen LogP contribution in [-0.2, 0) is 6.18 Å². The van der Waals surface area contributed by atoms with Crippen molar-refractivity contribution in [2.75, 3.05) is 13.6 Å². The summed E-state index contributed by atoms with van der Waals surface area (Å²) in [6.45, 7) is 0.701. The molecule has 1 N–H and O–H groups in total. The highest BCUT2D eigenvalue weighted by Crippen LogP contribution is 2.40. The van der Waals surface area contributed by atoms with Crippen LogP contribution in [0.4, 0.5) is 13.2 Å². The van der Waals surface area contributed by atoms with Crippen molar-refractivity contribution in [2.24, 2.45) is 0 Å². The van der Waals surface area contributed by atoms with Gasteiger partial charge in [-0.25, -0.2) is 0 Å². The van der Waals surface area contributed by atoms with E-state index in [2.05, 4.69) is 5.32 Å². The minimum atomic E-state index is -4.41. The molecule has 132 valence electrons. The third-order valence-electron chi connectivity index (χ3n) is 3.96. The molecule has 2 aromatic carbocycles. The molecule has 0 aliphatic rings. The van der Waals surface area contributed by atoms with E-state index < -0.39 is 11.7 Å². The van der Waals surface area contributed by atoms with Crippen molar-refractivity contribution in [2.45, 2.75) is 18.7 Å². The Bertz CT molecular complexity index is 830. The monoisotopic (exact) mass is 365 g/mol. The number of thiophene rings is 1. The predicted molar refractivity (Wildman–Crippen MR) is 95.2 cm³/mol. The molecule has 0 spiro atoms. The molecule has 0 aliphatic carbocycles. The summed E-state index contributed by atoms with van der Waals surface area (Å²) in [7, 11) is 1.83. The van der Waals surface area contributed by atoms with Crippen molar-refractivity contribution in [3.63, 3.8) is 0 Å². The molecule has 2 nitrogen and oxygen atoms in total. The van der Waals surface area contributed by atoms with Crippen molar-refractivity contribution in [3.05, 3.63) is 65.0 Å². The first-order valence-corrected chi connectivity index (χ1v) is 8.81. The molecular weight excluding hydrogens is 347 g/mol. The van der Waals surface area contributed by atoms with Gasteiger partial charge in [-0.2, -0.15) is 13.2 Å². The third-order valence-corrected chi connectivity index (χ3v) is 4.82. The summed E-state index contributed by atoms with van der Waals surface area (Å²) >= 11 is 1.28. The highest BCUT2D eigenvalue weighted by atomic mass is 32.1. The number of hydrogen-bond donors (Lipinski definition) is 1. The molecule has 0 fully saturated rings. The fourth-order valence-electron chi connectivity index (χ4n) is 2.75. The number of benzene rings is 2. The van der Waals surface area contributed by atoms with E-state index in [1.165, 1.54) is 17.4 Å². The summed E-state index contributed by atoms with van der Waals surface area (Å²) in [5.41, 5.74) is 0.291. The van der Waals surface area contributed by atoms with Crippen LogP contribution in [-0.4, -0.2) is 13.6 Å². The molecule has 3 aromatic rings. The molecule has 0 aliphatic heterocycles. The molecule has 1 atom stereocenters. The zero-order chi connectivity index (χ0) is 17.9. The van der Waals surface area contributed by atoms with E-state index in [0.717, 1.165) is 11.6 Å². The van der Waals surface area contributed by atoms with E-state index >= 15 is 0 Å². The number of halogens is 3. The van der Waals surface area contributed by atoms with Crippen LogP contribution in [0.15, 0.2) is 53.9 Å². The molecule has 25 heavy (non-hydrogen) atoms. The van der Waals surface area contributed by atoms with Crippen LogP contribution >= 0.6 is 11.3 Å². The first-order valence-electron chi connectivity index (χ1n) is 7.93. The van der Waals surface area contributed by atoms with Gasteiger partial charge in [0.2, 0.25) is 0 Å². The fourth-order valence-corrected chi connectivity index (χ4v) is 3.59. The second-order valence-corrected chi connectivity index (χ2v) is 6.66. The SMILES string of the molecule is CNCCC(Oc1cc(C(F)(F)F)c2ccsc2c1)c1ccccc1. The van der Waals surface area contributed by atoms with Crippen molar-refractivity contribution in [3.8, 4) is 5.75 Å². The fraction of sp³-hybridized carbons (Fsp3) is 0.263. The van der Waals surface area contributed by atoms with Crippen LogP contribution in [0, 0.1) is 0 Å². The average Bonchev–Trinajstić information content (AvgIpc) is 3.06. The maximum Gasteiger partial charge on any atom is 0.417 e. The van der Waals surface area contributed by atoms with Gasteiger partial charge in [0.1, 0.15) is 11.9 Å². The van der Waals surface area contributed by atoms with Gasteiger partial charge in [0.15, 0.2) is 0 Å². The Morgan fingerprint density at radius 1 is 1.12 bits per heavy atom. The van der Waals surface area contributed by atoms with Crippen LogP contribution in [0.3, 0.4) is 0 Å². The largest absolute Gasteiger partial charge is 0.486 e. The standard InChI is InChI=1S/C19H18F3NOS/c1-23-9-7-17(13-5-3-2-4-6-13)24-14-11-16(19(20,21)22)15-8-10-25-18(15)12-14/h2-6,8,10-12,17,23H,7,9H2,1H3.